The molecular weight excluding hydrogens is 760 g/mol. The molecule has 0 radical (unpaired) electrons. The fourth-order valence-electron chi connectivity index (χ4n) is 7.29. The van der Waals surface area contributed by atoms with Crippen LogP contribution in [-0.2, 0) is 76.8 Å². The van der Waals surface area contributed by atoms with Gasteiger partial charge >= 0.3 is 17.9 Å². The van der Waals surface area contributed by atoms with Crippen LogP contribution >= 0.6 is 0 Å². The van der Waals surface area contributed by atoms with Gasteiger partial charge in [-0.15, -0.1) is 0 Å². The molecule has 9 atom stereocenters. The molecule has 0 bridgehead atoms. The Bertz CT molecular complexity index is 1940. The van der Waals surface area contributed by atoms with Crippen molar-refractivity contribution in [1.29, 1.82) is 0 Å². The third kappa shape index (κ3) is 12.0. The SMILES string of the molecule is COc1ccc(C)cc1C1O[C@H](COCc2ccccc2)[C@@H](O[C@H]2O[C@H](COCc3ccccc3)[C@@H](OC(C)=O)[C@H](OC(C)=O)[C@H]2OCc2ccccc2)[C@H]1OC(C)=O. The normalized spacial score (nSPS) is 25.2. The number of methoxy groups -OCH3 is 1. The molecule has 2 aliphatic rings. The molecule has 2 heterocycles. The zero-order valence-electron chi connectivity index (χ0n) is 33.9. The summed E-state index contributed by atoms with van der Waals surface area (Å²) in [5, 5.41) is 0. The minimum atomic E-state index is -1.32. The zero-order chi connectivity index (χ0) is 41.7. The fourth-order valence-corrected chi connectivity index (χ4v) is 7.29. The maximum atomic E-state index is 12.9. The van der Waals surface area contributed by atoms with E-state index in [1.165, 1.54) is 20.8 Å². The van der Waals surface area contributed by atoms with Crippen LogP contribution in [0.1, 0.15) is 54.7 Å². The number of rotatable bonds is 18. The Balaban J connectivity index is 1.39. The molecular formula is C46H52O13. The van der Waals surface area contributed by atoms with Gasteiger partial charge in [0.05, 0.1) is 40.1 Å². The maximum Gasteiger partial charge on any atom is 0.303 e. The number of esters is 3. The molecule has 0 aromatic heterocycles. The van der Waals surface area contributed by atoms with Crippen LogP contribution in [0.5, 0.6) is 5.75 Å². The van der Waals surface area contributed by atoms with Gasteiger partial charge in [0.15, 0.2) is 24.6 Å². The van der Waals surface area contributed by atoms with Gasteiger partial charge in [-0.2, -0.15) is 0 Å². The second-order valence-electron chi connectivity index (χ2n) is 14.5. The van der Waals surface area contributed by atoms with Crippen LogP contribution < -0.4 is 4.74 Å². The lowest BCUT2D eigenvalue weighted by atomic mass is 9.96. The molecule has 0 spiro atoms. The van der Waals surface area contributed by atoms with E-state index in [4.69, 9.17) is 47.4 Å². The van der Waals surface area contributed by atoms with Gasteiger partial charge in [-0.3, -0.25) is 14.4 Å². The average Bonchev–Trinajstić information content (AvgIpc) is 3.54. The van der Waals surface area contributed by atoms with Gasteiger partial charge in [0, 0.05) is 26.3 Å². The van der Waals surface area contributed by atoms with Crippen LogP contribution in [0.4, 0.5) is 0 Å². The van der Waals surface area contributed by atoms with E-state index in [-0.39, 0.29) is 33.0 Å². The second-order valence-corrected chi connectivity index (χ2v) is 14.5. The summed E-state index contributed by atoms with van der Waals surface area (Å²) in [6.45, 7) is 6.24. The first-order valence-corrected chi connectivity index (χ1v) is 19.6. The molecule has 0 aliphatic carbocycles. The topological polar surface area (TPSA) is 144 Å². The van der Waals surface area contributed by atoms with Crippen molar-refractivity contribution in [3.05, 3.63) is 137 Å². The third-order valence-electron chi connectivity index (χ3n) is 9.86. The quantitative estimate of drug-likeness (QED) is 0.0812. The summed E-state index contributed by atoms with van der Waals surface area (Å²) in [6.07, 6.45) is -9.66. The van der Waals surface area contributed by atoms with Crippen molar-refractivity contribution in [2.45, 2.75) is 103 Å². The first-order valence-electron chi connectivity index (χ1n) is 19.6. The predicted molar refractivity (Wildman–Crippen MR) is 213 cm³/mol. The van der Waals surface area contributed by atoms with Crippen molar-refractivity contribution in [2.24, 2.45) is 0 Å². The van der Waals surface area contributed by atoms with Gasteiger partial charge in [0.25, 0.3) is 0 Å². The Kier molecular flexibility index (Phi) is 15.6. The smallest absolute Gasteiger partial charge is 0.303 e. The Morgan fingerprint density at radius 3 is 1.58 bits per heavy atom. The highest BCUT2D eigenvalue weighted by molar-refractivity contribution is 5.67. The molecule has 4 aromatic rings. The van der Waals surface area contributed by atoms with Crippen molar-refractivity contribution >= 4 is 17.9 Å². The van der Waals surface area contributed by atoms with Crippen LogP contribution in [0.15, 0.2) is 109 Å². The van der Waals surface area contributed by atoms with E-state index in [1.807, 2.05) is 116 Å². The largest absolute Gasteiger partial charge is 0.496 e. The number of hydrogen-bond donors (Lipinski definition) is 0. The van der Waals surface area contributed by atoms with Crippen LogP contribution in [0.25, 0.3) is 0 Å². The Labute approximate surface area is 344 Å². The molecule has 0 saturated carbocycles. The van der Waals surface area contributed by atoms with E-state index in [2.05, 4.69) is 0 Å². The lowest BCUT2D eigenvalue weighted by molar-refractivity contribution is -0.331. The first-order chi connectivity index (χ1) is 28.6. The molecule has 13 nitrogen and oxygen atoms in total. The molecule has 59 heavy (non-hydrogen) atoms. The Morgan fingerprint density at radius 1 is 0.559 bits per heavy atom. The summed E-state index contributed by atoms with van der Waals surface area (Å²) < 4.78 is 62.9. The predicted octanol–water partition coefficient (Wildman–Crippen LogP) is 6.37. The fraction of sp³-hybridized carbons (Fsp3) is 0.413. The molecule has 0 amide bonds. The number of ether oxygens (including phenoxy) is 10. The monoisotopic (exact) mass is 812 g/mol. The molecule has 2 saturated heterocycles. The van der Waals surface area contributed by atoms with Gasteiger partial charge in [0.1, 0.15) is 36.3 Å². The molecule has 13 heteroatoms. The lowest BCUT2D eigenvalue weighted by Crippen LogP contribution is -2.63. The number of carbonyl (C=O) groups is 3. The maximum absolute atomic E-state index is 12.9. The highest BCUT2D eigenvalue weighted by Crippen LogP contribution is 2.43. The van der Waals surface area contributed by atoms with E-state index in [0.717, 1.165) is 22.3 Å². The second kappa shape index (κ2) is 21.2. The van der Waals surface area contributed by atoms with Crippen molar-refractivity contribution in [2.75, 3.05) is 20.3 Å². The van der Waals surface area contributed by atoms with Crippen molar-refractivity contribution < 1.29 is 61.8 Å². The summed E-state index contributed by atoms with van der Waals surface area (Å²) in [5.41, 5.74) is 4.23. The van der Waals surface area contributed by atoms with Crippen molar-refractivity contribution in [3.8, 4) is 5.75 Å². The van der Waals surface area contributed by atoms with Crippen LogP contribution in [0.3, 0.4) is 0 Å². The van der Waals surface area contributed by atoms with E-state index in [1.54, 1.807) is 7.11 Å². The highest BCUT2D eigenvalue weighted by atomic mass is 16.7. The van der Waals surface area contributed by atoms with Crippen LogP contribution in [-0.4, -0.2) is 87.2 Å². The molecule has 2 aliphatic heterocycles. The number of benzene rings is 4. The van der Waals surface area contributed by atoms with E-state index < -0.39 is 73.0 Å². The van der Waals surface area contributed by atoms with Crippen LogP contribution in [0.2, 0.25) is 0 Å². The van der Waals surface area contributed by atoms with E-state index in [0.29, 0.717) is 11.3 Å². The summed E-state index contributed by atoms with van der Waals surface area (Å²) in [4.78, 5) is 38.4. The number of aryl methyl sites for hydroxylation is 1. The summed E-state index contributed by atoms with van der Waals surface area (Å²) >= 11 is 0. The van der Waals surface area contributed by atoms with Gasteiger partial charge in [-0.25, -0.2) is 0 Å². The standard InChI is InChI=1S/C46H52O13/c1-29-21-22-37(50-5)36(23-29)40-43(55-31(3)48)42(38(57-40)27-51-24-33-15-9-6-10-16-33)59-46-45(53-26-35-19-13-8-14-20-35)44(56-32(4)49)41(54-30(2)47)39(58-46)28-52-25-34-17-11-7-12-18-34/h6-23,38-46H,24-28H2,1-5H3/t38-,39-,40?,41-,42-,43+,44+,45-,46-/m1/s1. The summed E-state index contributed by atoms with van der Waals surface area (Å²) in [5.74, 6) is -1.33. The Morgan fingerprint density at radius 2 is 1.05 bits per heavy atom. The first kappa shape index (κ1) is 43.4. The molecule has 314 valence electrons. The minimum absolute atomic E-state index is 0.0251. The van der Waals surface area contributed by atoms with Crippen molar-refractivity contribution in [3.63, 3.8) is 0 Å². The van der Waals surface area contributed by atoms with E-state index in [9.17, 15) is 14.4 Å². The number of hydrogen-bond acceptors (Lipinski definition) is 13. The Hall–Kier alpha value is -5.15. The minimum Gasteiger partial charge on any atom is -0.496 e. The summed E-state index contributed by atoms with van der Waals surface area (Å²) in [6, 6.07) is 34.2. The van der Waals surface area contributed by atoms with Crippen molar-refractivity contribution in [1.82, 2.24) is 0 Å². The zero-order valence-corrected chi connectivity index (χ0v) is 33.9. The summed E-state index contributed by atoms with van der Waals surface area (Å²) in [7, 11) is 1.55. The average molecular weight is 813 g/mol. The van der Waals surface area contributed by atoms with Crippen LogP contribution in [0, 0.1) is 6.92 Å². The molecule has 1 unspecified atom stereocenters. The van der Waals surface area contributed by atoms with E-state index >= 15 is 0 Å². The van der Waals surface area contributed by atoms with Gasteiger partial charge < -0.3 is 47.4 Å². The van der Waals surface area contributed by atoms with Gasteiger partial charge in [0.2, 0.25) is 0 Å². The number of carbonyl (C=O) groups excluding carboxylic acids is 3. The third-order valence-corrected chi connectivity index (χ3v) is 9.86. The van der Waals surface area contributed by atoms with Gasteiger partial charge in [-0.05, 0) is 35.7 Å². The lowest BCUT2D eigenvalue weighted by Gasteiger charge is -2.45. The van der Waals surface area contributed by atoms with Gasteiger partial charge in [-0.1, -0.05) is 103 Å². The molecule has 6 rings (SSSR count). The molecule has 0 N–H and O–H groups in total. The molecule has 2 fully saturated rings. The highest BCUT2D eigenvalue weighted by Gasteiger charge is 2.56. The molecule has 4 aromatic carbocycles.